The number of aliphatic hydroxyl groups is 1. The van der Waals surface area contributed by atoms with E-state index in [0.717, 1.165) is 39.0 Å². The summed E-state index contributed by atoms with van der Waals surface area (Å²) < 4.78 is 0. The van der Waals surface area contributed by atoms with Gasteiger partial charge in [0.15, 0.2) is 0 Å². The first kappa shape index (κ1) is 12.8. The number of nitrogens with zero attached hydrogens (tertiary/aromatic N) is 1. The summed E-state index contributed by atoms with van der Waals surface area (Å²) in [7, 11) is 0. The lowest BCUT2D eigenvalue weighted by Gasteiger charge is -2.38. The number of hydrogen-bond donors (Lipinski definition) is 2. The van der Waals surface area contributed by atoms with Crippen molar-refractivity contribution in [1.82, 2.24) is 10.2 Å². The standard InChI is InChI=1S/C13H24N2O2/c1-9(12-7-14-8-12)13(17)15-5-3-11(4-6-15)10(2)16/h9-12,14,16H,3-8H2,1-2H3. The summed E-state index contributed by atoms with van der Waals surface area (Å²) in [6, 6.07) is 0. The van der Waals surface area contributed by atoms with Crippen LogP contribution in [-0.2, 0) is 4.79 Å². The highest BCUT2D eigenvalue weighted by molar-refractivity contribution is 5.79. The summed E-state index contributed by atoms with van der Waals surface area (Å²) in [5.74, 6) is 1.36. The monoisotopic (exact) mass is 240 g/mol. The molecule has 1 amide bonds. The molecule has 2 N–H and O–H groups in total. The Kier molecular flexibility index (Phi) is 4.05. The lowest BCUT2D eigenvalue weighted by Crippen LogP contribution is -2.51. The molecule has 0 aromatic heterocycles. The minimum atomic E-state index is -0.236. The predicted molar refractivity (Wildman–Crippen MR) is 66.5 cm³/mol. The van der Waals surface area contributed by atoms with Crippen LogP contribution in [0.15, 0.2) is 0 Å². The zero-order valence-electron chi connectivity index (χ0n) is 10.9. The molecule has 0 saturated carbocycles. The molecule has 0 spiro atoms. The molecule has 2 heterocycles. The highest BCUT2D eigenvalue weighted by Gasteiger charge is 2.33. The average Bonchev–Trinajstić information content (AvgIpc) is 2.25. The van der Waals surface area contributed by atoms with Crippen LogP contribution in [0.1, 0.15) is 26.7 Å². The van der Waals surface area contributed by atoms with Gasteiger partial charge in [-0.2, -0.15) is 0 Å². The van der Waals surface area contributed by atoms with Crippen molar-refractivity contribution < 1.29 is 9.90 Å². The number of aliphatic hydroxyl groups excluding tert-OH is 1. The van der Waals surface area contributed by atoms with Gasteiger partial charge in [-0.1, -0.05) is 6.92 Å². The van der Waals surface area contributed by atoms with E-state index in [4.69, 9.17) is 0 Å². The molecule has 2 atom stereocenters. The lowest BCUT2D eigenvalue weighted by molar-refractivity contribution is -0.139. The van der Waals surface area contributed by atoms with Crippen LogP contribution in [0.5, 0.6) is 0 Å². The fourth-order valence-corrected chi connectivity index (χ4v) is 2.76. The van der Waals surface area contributed by atoms with Gasteiger partial charge >= 0.3 is 0 Å². The summed E-state index contributed by atoms with van der Waals surface area (Å²) in [5.41, 5.74) is 0. The molecule has 0 aliphatic carbocycles. The van der Waals surface area contributed by atoms with Crippen LogP contribution in [0.4, 0.5) is 0 Å². The maximum Gasteiger partial charge on any atom is 0.225 e. The van der Waals surface area contributed by atoms with E-state index in [9.17, 15) is 9.90 Å². The van der Waals surface area contributed by atoms with Gasteiger partial charge in [0.2, 0.25) is 5.91 Å². The Morgan fingerprint density at radius 1 is 1.24 bits per heavy atom. The second-order valence-electron chi connectivity index (χ2n) is 5.61. The number of likely N-dealkylation sites (tertiary alicyclic amines) is 1. The smallest absolute Gasteiger partial charge is 0.225 e. The summed E-state index contributed by atoms with van der Waals surface area (Å²) in [6.45, 7) is 7.51. The maximum absolute atomic E-state index is 12.2. The zero-order valence-corrected chi connectivity index (χ0v) is 10.9. The molecule has 2 aliphatic rings. The van der Waals surface area contributed by atoms with E-state index in [1.807, 2.05) is 11.8 Å². The van der Waals surface area contributed by atoms with Gasteiger partial charge in [0.25, 0.3) is 0 Å². The second-order valence-corrected chi connectivity index (χ2v) is 5.61. The van der Waals surface area contributed by atoms with Gasteiger partial charge in [0.1, 0.15) is 0 Å². The van der Waals surface area contributed by atoms with Gasteiger partial charge in [-0.25, -0.2) is 0 Å². The van der Waals surface area contributed by atoms with Crippen LogP contribution < -0.4 is 5.32 Å². The number of carbonyl (C=O) groups excluding carboxylic acids is 1. The van der Waals surface area contributed by atoms with Gasteiger partial charge in [-0.05, 0) is 44.7 Å². The summed E-state index contributed by atoms with van der Waals surface area (Å²) in [6.07, 6.45) is 1.65. The van der Waals surface area contributed by atoms with Crippen LogP contribution in [-0.4, -0.2) is 48.2 Å². The molecule has 0 radical (unpaired) electrons. The number of carbonyl (C=O) groups is 1. The van der Waals surface area contributed by atoms with Crippen LogP contribution in [0, 0.1) is 17.8 Å². The highest BCUT2D eigenvalue weighted by Crippen LogP contribution is 2.24. The Bertz CT molecular complexity index is 269. The molecule has 2 aliphatic heterocycles. The van der Waals surface area contributed by atoms with Crippen molar-refractivity contribution in [1.29, 1.82) is 0 Å². The number of hydrogen-bond acceptors (Lipinski definition) is 3. The van der Waals surface area contributed by atoms with E-state index in [1.165, 1.54) is 0 Å². The molecule has 2 rings (SSSR count). The van der Waals surface area contributed by atoms with E-state index >= 15 is 0 Å². The third-order valence-electron chi connectivity index (χ3n) is 4.44. The Hall–Kier alpha value is -0.610. The zero-order chi connectivity index (χ0) is 12.4. The van der Waals surface area contributed by atoms with Crippen molar-refractivity contribution >= 4 is 5.91 Å². The van der Waals surface area contributed by atoms with E-state index in [2.05, 4.69) is 12.2 Å². The van der Waals surface area contributed by atoms with E-state index in [0.29, 0.717) is 17.7 Å². The molecule has 98 valence electrons. The number of piperidine rings is 1. The third-order valence-corrected chi connectivity index (χ3v) is 4.44. The van der Waals surface area contributed by atoms with E-state index in [1.54, 1.807) is 0 Å². The summed E-state index contributed by atoms with van der Waals surface area (Å²) in [5, 5.41) is 12.8. The fraction of sp³-hybridized carbons (Fsp3) is 0.923. The van der Waals surface area contributed by atoms with Gasteiger partial charge in [0, 0.05) is 19.0 Å². The highest BCUT2D eigenvalue weighted by atomic mass is 16.3. The number of nitrogens with one attached hydrogen (secondary N) is 1. The molecular formula is C13H24N2O2. The molecule has 4 heteroatoms. The average molecular weight is 240 g/mol. The summed E-state index contributed by atoms with van der Waals surface area (Å²) in [4.78, 5) is 14.2. The fourth-order valence-electron chi connectivity index (χ4n) is 2.76. The molecule has 2 unspecified atom stereocenters. The first-order valence-electron chi connectivity index (χ1n) is 6.77. The minimum Gasteiger partial charge on any atom is -0.393 e. The normalized spacial score (nSPS) is 26.4. The van der Waals surface area contributed by atoms with Crippen molar-refractivity contribution in [3.8, 4) is 0 Å². The van der Waals surface area contributed by atoms with E-state index < -0.39 is 0 Å². The van der Waals surface area contributed by atoms with Crippen LogP contribution in [0.25, 0.3) is 0 Å². The molecule has 0 aromatic carbocycles. The van der Waals surface area contributed by atoms with Crippen molar-refractivity contribution in [2.24, 2.45) is 17.8 Å². The maximum atomic E-state index is 12.2. The first-order valence-corrected chi connectivity index (χ1v) is 6.77. The van der Waals surface area contributed by atoms with Crippen LogP contribution >= 0.6 is 0 Å². The minimum absolute atomic E-state index is 0.152. The Morgan fingerprint density at radius 3 is 2.24 bits per heavy atom. The Morgan fingerprint density at radius 2 is 1.82 bits per heavy atom. The molecule has 2 fully saturated rings. The molecule has 17 heavy (non-hydrogen) atoms. The molecule has 4 nitrogen and oxygen atoms in total. The SMILES string of the molecule is CC(O)C1CCN(C(=O)C(C)C2CNC2)CC1. The number of amides is 1. The molecule has 0 aromatic rings. The summed E-state index contributed by atoms with van der Waals surface area (Å²) >= 11 is 0. The second kappa shape index (κ2) is 5.36. The molecular weight excluding hydrogens is 216 g/mol. The Labute approximate surface area is 103 Å². The van der Waals surface area contributed by atoms with Crippen molar-refractivity contribution in [3.05, 3.63) is 0 Å². The third kappa shape index (κ3) is 2.80. The topological polar surface area (TPSA) is 52.6 Å². The van der Waals surface area contributed by atoms with Crippen molar-refractivity contribution in [3.63, 3.8) is 0 Å². The van der Waals surface area contributed by atoms with Crippen molar-refractivity contribution in [2.75, 3.05) is 26.2 Å². The largest absolute Gasteiger partial charge is 0.393 e. The predicted octanol–water partition coefficient (Wildman–Crippen LogP) is 0.461. The van der Waals surface area contributed by atoms with Crippen LogP contribution in [0.2, 0.25) is 0 Å². The molecule has 0 bridgehead atoms. The van der Waals surface area contributed by atoms with Gasteiger partial charge in [-0.3, -0.25) is 4.79 Å². The van der Waals surface area contributed by atoms with Crippen molar-refractivity contribution in [2.45, 2.75) is 32.8 Å². The Balaban J connectivity index is 1.81. The van der Waals surface area contributed by atoms with Crippen LogP contribution in [0.3, 0.4) is 0 Å². The van der Waals surface area contributed by atoms with Gasteiger partial charge in [-0.15, -0.1) is 0 Å². The first-order chi connectivity index (χ1) is 8.09. The van der Waals surface area contributed by atoms with Gasteiger partial charge in [0.05, 0.1) is 6.10 Å². The lowest BCUT2D eigenvalue weighted by atomic mass is 9.86. The number of rotatable bonds is 3. The van der Waals surface area contributed by atoms with E-state index in [-0.39, 0.29) is 12.0 Å². The quantitative estimate of drug-likeness (QED) is 0.753. The van der Waals surface area contributed by atoms with Gasteiger partial charge < -0.3 is 15.3 Å². The molecule has 2 saturated heterocycles.